The van der Waals surface area contributed by atoms with E-state index in [0.717, 1.165) is 52.6 Å². The Morgan fingerprint density at radius 3 is 2.74 bits per heavy atom. The van der Waals surface area contributed by atoms with Crippen molar-refractivity contribution in [2.24, 2.45) is 5.73 Å². The predicted molar refractivity (Wildman–Crippen MR) is 127 cm³/mol. The molecule has 0 amide bonds. The van der Waals surface area contributed by atoms with Gasteiger partial charge in [-0.25, -0.2) is 4.79 Å². The molecule has 4 rings (SSSR count). The smallest absolute Gasteiger partial charge is 0.356 e. The number of carbonyl (C=O) groups is 1. The van der Waals surface area contributed by atoms with E-state index in [2.05, 4.69) is 22.3 Å². The highest BCUT2D eigenvalue weighted by Crippen LogP contribution is 2.40. The van der Waals surface area contributed by atoms with E-state index in [9.17, 15) is 4.79 Å². The zero-order valence-electron chi connectivity index (χ0n) is 17.3. The van der Waals surface area contributed by atoms with E-state index in [4.69, 9.17) is 15.6 Å². The quantitative estimate of drug-likeness (QED) is 0.370. The number of aromatic amines is 1. The normalized spacial score (nSPS) is 11.7. The van der Waals surface area contributed by atoms with Gasteiger partial charge >= 0.3 is 5.97 Å². The number of nitrogens with two attached hydrogens (primary N) is 1. The minimum atomic E-state index is -0.316. The number of aromatic nitrogens is 4. The second-order valence-corrected chi connectivity index (χ2v) is 7.88. The molecular weight excluding hydrogens is 457 g/mol. The van der Waals surface area contributed by atoms with Crippen LogP contribution in [0.15, 0.2) is 35.4 Å². The highest BCUT2D eigenvalue weighted by atomic mass is 35.5. The van der Waals surface area contributed by atoms with Crippen LogP contribution in [0.1, 0.15) is 40.7 Å². The van der Waals surface area contributed by atoms with Crippen LogP contribution in [0.5, 0.6) is 0 Å². The Bertz CT molecular complexity index is 1010. The van der Waals surface area contributed by atoms with Crippen LogP contribution in [0, 0.1) is 0 Å². The maximum absolute atomic E-state index is 12.7. The molecule has 3 aromatic rings. The van der Waals surface area contributed by atoms with Gasteiger partial charge in [0, 0.05) is 23.6 Å². The molecule has 2 heterocycles. The third-order valence-electron chi connectivity index (χ3n) is 4.98. The monoisotopic (exact) mass is 483 g/mol. The van der Waals surface area contributed by atoms with Crippen LogP contribution < -0.4 is 5.73 Å². The summed E-state index contributed by atoms with van der Waals surface area (Å²) in [6.07, 6.45) is 2.29. The SMILES string of the molecule is CCOC(=O)c1c2c(nn1CCCN)-c1c(SCc3ccccc3)n[nH]c1CC2.Cl.Cl. The summed E-state index contributed by atoms with van der Waals surface area (Å²) in [4.78, 5) is 12.7. The van der Waals surface area contributed by atoms with Crippen molar-refractivity contribution in [1.82, 2.24) is 20.0 Å². The molecular formula is C21H27Cl2N5O2S. The van der Waals surface area contributed by atoms with Crippen molar-refractivity contribution < 1.29 is 9.53 Å². The largest absolute Gasteiger partial charge is 0.461 e. The summed E-state index contributed by atoms with van der Waals surface area (Å²) >= 11 is 1.68. The van der Waals surface area contributed by atoms with Gasteiger partial charge in [0.2, 0.25) is 0 Å². The number of H-pyrrole nitrogens is 1. The van der Waals surface area contributed by atoms with E-state index in [-0.39, 0.29) is 30.8 Å². The highest BCUT2D eigenvalue weighted by Gasteiger charge is 2.32. The molecule has 1 aliphatic rings. The summed E-state index contributed by atoms with van der Waals surface area (Å²) in [6.45, 7) is 3.29. The first kappa shape index (κ1) is 25.3. The molecule has 0 unspecified atom stereocenters. The number of halogens is 2. The third-order valence-corrected chi connectivity index (χ3v) is 6.03. The molecule has 10 heteroatoms. The van der Waals surface area contributed by atoms with Gasteiger partial charge in [0.15, 0.2) is 0 Å². The summed E-state index contributed by atoms with van der Waals surface area (Å²) in [5.74, 6) is 0.509. The number of nitrogens with zero attached hydrogens (tertiary/aromatic N) is 3. The van der Waals surface area contributed by atoms with Crippen LogP contribution in [0.4, 0.5) is 0 Å². The number of nitrogens with one attached hydrogen (secondary N) is 1. The van der Waals surface area contributed by atoms with Crippen LogP contribution in [0.3, 0.4) is 0 Å². The molecule has 0 radical (unpaired) electrons. The number of rotatable bonds is 8. The van der Waals surface area contributed by atoms with Crippen molar-refractivity contribution >= 4 is 42.5 Å². The molecule has 0 saturated heterocycles. The van der Waals surface area contributed by atoms with E-state index in [1.807, 2.05) is 25.1 Å². The number of ether oxygens (including phenoxy) is 1. The number of thioether (sulfide) groups is 1. The molecule has 31 heavy (non-hydrogen) atoms. The summed E-state index contributed by atoms with van der Waals surface area (Å²) in [6, 6.07) is 10.3. The molecule has 2 aromatic heterocycles. The minimum absolute atomic E-state index is 0. The zero-order chi connectivity index (χ0) is 20.2. The summed E-state index contributed by atoms with van der Waals surface area (Å²) in [7, 11) is 0. The summed E-state index contributed by atoms with van der Waals surface area (Å²) < 4.78 is 7.09. The Hall–Kier alpha value is -2.00. The molecule has 0 aliphatic heterocycles. The van der Waals surface area contributed by atoms with Gasteiger partial charge < -0.3 is 10.5 Å². The molecule has 1 aromatic carbocycles. The van der Waals surface area contributed by atoms with Crippen LogP contribution in [-0.2, 0) is 29.9 Å². The van der Waals surface area contributed by atoms with Crippen molar-refractivity contribution in [3.8, 4) is 11.3 Å². The van der Waals surface area contributed by atoms with Crippen LogP contribution >= 0.6 is 36.6 Å². The van der Waals surface area contributed by atoms with Crippen LogP contribution in [0.25, 0.3) is 11.3 Å². The zero-order valence-corrected chi connectivity index (χ0v) is 19.7. The van der Waals surface area contributed by atoms with Gasteiger partial charge in [0.1, 0.15) is 16.4 Å². The van der Waals surface area contributed by atoms with Gasteiger partial charge in [-0.05, 0) is 38.3 Å². The Kier molecular flexibility index (Phi) is 9.43. The first-order valence-corrected chi connectivity index (χ1v) is 10.9. The van der Waals surface area contributed by atoms with E-state index in [1.165, 1.54) is 5.56 Å². The number of hydrogen-bond acceptors (Lipinski definition) is 6. The summed E-state index contributed by atoms with van der Waals surface area (Å²) in [5, 5.41) is 13.4. The average Bonchev–Trinajstić information content (AvgIpc) is 3.32. The molecule has 0 bridgehead atoms. The molecule has 0 atom stereocenters. The van der Waals surface area contributed by atoms with Crippen molar-refractivity contribution in [3.05, 3.63) is 52.8 Å². The van der Waals surface area contributed by atoms with Crippen molar-refractivity contribution in [2.45, 2.75) is 43.5 Å². The lowest BCUT2D eigenvalue weighted by Crippen LogP contribution is -2.17. The standard InChI is InChI=1S/C21H25N5O2S.2ClH/c1-2-28-21(27)19-15-9-10-16-17(18(15)25-26(19)12-6-11-22)20(24-23-16)29-13-14-7-4-3-5-8-14;;/h3-5,7-8H,2,6,9-13,22H2,1H3,(H,23,24);2*1H. The second-order valence-electron chi connectivity index (χ2n) is 6.92. The maximum Gasteiger partial charge on any atom is 0.356 e. The molecule has 3 N–H and O–H groups in total. The fourth-order valence-corrected chi connectivity index (χ4v) is 4.60. The number of fused-ring (bicyclic) bond motifs is 3. The first-order chi connectivity index (χ1) is 14.2. The van der Waals surface area contributed by atoms with Crippen molar-refractivity contribution in [2.75, 3.05) is 13.2 Å². The van der Waals surface area contributed by atoms with Gasteiger partial charge in [-0.15, -0.1) is 24.8 Å². The Morgan fingerprint density at radius 1 is 1.26 bits per heavy atom. The van der Waals surface area contributed by atoms with Crippen LogP contribution in [0.2, 0.25) is 0 Å². The van der Waals surface area contributed by atoms with Gasteiger partial charge in [-0.2, -0.15) is 10.2 Å². The van der Waals surface area contributed by atoms with Gasteiger partial charge in [-0.3, -0.25) is 9.78 Å². The molecule has 0 fully saturated rings. The fourth-order valence-electron chi connectivity index (χ4n) is 3.63. The van der Waals surface area contributed by atoms with E-state index in [1.54, 1.807) is 16.4 Å². The summed E-state index contributed by atoms with van der Waals surface area (Å²) in [5.41, 5.74) is 11.4. The van der Waals surface area contributed by atoms with E-state index < -0.39 is 0 Å². The van der Waals surface area contributed by atoms with E-state index in [0.29, 0.717) is 25.4 Å². The number of esters is 1. The molecule has 0 saturated carbocycles. The lowest BCUT2D eigenvalue weighted by atomic mass is 9.94. The van der Waals surface area contributed by atoms with Crippen molar-refractivity contribution in [3.63, 3.8) is 0 Å². The second kappa shape index (κ2) is 11.6. The first-order valence-electron chi connectivity index (χ1n) is 9.94. The fraction of sp³-hybridized carbons (Fsp3) is 0.381. The van der Waals surface area contributed by atoms with Gasteiger partial charge in [-0.1, -0.05) is 42.1 Å². The van der Waals surface area contributed by atoms with Crippen molar-refractivity contribution in [1.29, 1.82) is 0 Å². The molecule has 0 spiro atoms. The lowest BCUT2D eigenvalue weighted by molar-refractivity contribution is 0.0510. The van der Waals surface area contributed by atoms with E-state index >= 15 is 0 Å². The average molecular weight is 484 g/mol. The van der Waals surface area contributed by atoms with Crippen LogP contribution in [-0.4, -0.2) is 39.1 Å². The minimum Gasteiger partial charge on any atom is -0.461 e. The third kappa shape index (κ3) is 5.26. The Morgan fingerprint density at radius 2 is 2.03 bits per heavy atom. The van der Waals surface area contributed by atoms with Gasteiger partial charge in [0.25, 0.3) is 0 Å². The lowest BCUT2D eigenvalue weighted by Gasteiger charge is -2.13. The Balaban J connectivity index is 0.00000171. The highest BCUT2D eigenvalue weighted by molar-refractivity contribution is 7.98. The topological polar surface area (TPSA) is 98.8 Å². The predicted octanol–water partition coefficient (Wildman–Crippen LogP) is 4.03. The number of carbonyl (C=O) groups excluding carboxylic acids is 1. The molecule has 168 valence electrons. The number of hydrogen-bond donors (Lipinski definition) is 2. The Labute approximate surface area is 198 Å². The maximum atomic E-state index is 12.7. The number of aryl methyl sites for hydroxylation is 2. The molecule has 1 aliphatic carbocycles. The molecule has 7 nitrogen and oxygen atoms in total. The van der Waals surface area contributed by atoms with Gasteiger partial charge in [0.05, 0.1) is 12.2 Å². The number of benzene rings is 1.